The average Bonchev–Trinajstić information content (AvgIpc) is 2.90. The van der Waals surface area contributed by atoms with Crippen molar-refractivity contribution in [3.05, 3.63) is 59.5 Å². The van der Waals surface area contributed by atoms with Crippen molar-refractivity contribution in [1.82, 2.24) is 4.90 Å². The van der Waals surface area contributed by atoms with Gasteiger partial charge in [-0.1, -0.05) is 0 Å². The molecule has 1 amide bonds. The zero-order chi connectivity index (χ0) is 14.8. The minimum Gasteiger partial charge on any atom is -0.467 e. The van der Waals surface area contributed by atoms with Gasteiger partial charge < -0.3 is 9.32 Å². The van der Waals surface area contributed by atoms with E-state index < -0.39 is 11.7 Å². The normalized spacial score (nSPS) is 11.4. The molecule has 0 unspecified atom stereocenters. The summed E-state index contributed by atoms with van der Waals surface area (Å²) in [5.41, 5.74) is -0.574. The first kappa shape index (κ1) is 14.2. The summed E-state index contributed by atoms with van der Waals surface area (Å²) in [6.45, 7) is 0.257. The van der Waals surface area contributed by atoms with Crippen LogP contribution in [0.2, 0.25) is 0 Å². The number of furan rings is 1. The fourth-order valence-electron chi connectivity index (χ4n) is 1.73. The summed E-state index contributed by atoms with van der Waals surface area (Å²) in [7, 11) is 1.56. The molecule has 0 saturated carbocycles. The highest BCUT2D eigenvalue weighted by atomic mass is 19.4. The van der Waals surface area contributed by atoms with E-state index in [1.807, 2.05) is 0 Å². The van der Waals surface area contributed by atoms with Gasteiger partial charge >= 0.3 is 6.18 Å². The standard InChI is InChI=1S/C14H12F3NO2/c1-18(9-12-3-2-8-20-12)13(19)10-4-6-11(7-5-10)14(15,16)17/h2-8H,9H2,1H3. The number of amides is 1. The molecular weight excluding hydrogens is 271 g/mol. The maximum atomic E-state index is 12.4. The fraction of sp³-hybridized carbons (Fsp3) is 0.214. The monoisotopic (exact) mass is 283 g/mol. The Labute approximate surface area is 113 Å². The van der Waals surface area contributed by atoms with Gasteiger partial charge in [0.1, 0.15) is 5.76 Å². The maximum absolute atomic E-state index is 12.4. The van der Waals surface area contributed by atoms with E-state index in [-0.39, 0.29) is 18.0 Å². The fourth-order valence-corrected chi connectivity index (χ4v) is 1.73. The van der Waals surface area contributed by atoms with Crippen molar-refractivity contribution >= 4 is 5.91 Å². The van der Waals surface area contributed by atoms with Gasteiger partial charge in [0, 0.05) is 12.6 Å². The summed E-state index contributed by atoms with van der Waals surface area (Å²) in [6.07, 6.45) is -2.91. The van der Waals surface area contributed by atoms with Crippen LogP contribution in [0.5, 0.6) is 0 Å². The summed E-state index contributed by atoms with van der Waals surface area (Å²) >= 11 is 0. The van der Waals surface area contributed by atoms with E-state index >= 15 is 0 Å². The highest BCUT2D eigenvalue weighted by molar-refractivity contribution is 5.94. The van der Waals surface area contributed by atoms with Crippen LogP contribution in [0.15, 0.2) is 47.1 Å². The molecule has 20 heavy (non-hydrogen) atoms. The number of halogens is 3. The average molecular weight is 283 g/mol. The first-order valence-corrected chi connectivity index (χ1v) is 5.83. The van der Waals surface area contributed by atoms with Gasteiger partial charge in [-0.25, -0.2) is 0 Å². The number of hydrogen-bond donors (Lipinski definition) is 0. The second kappa shape index (κ2) is 5.40. The van der Waals surface area contributed by atoms with Crippen molar-refractivity contribution < 1.29 is 22.4 Å². The molecule has 3 nitrogen and oxygen atoms in total. The number of benzene rings is 1. The molecule has 0 fully saturated rings. The van der Waals surface area contributed by atoms with E-state index in [1.165, 1.54) is 23.3 Å². The van der Waals surface area contributed by atoms with E-state index in [4.69, 9.17) is 4.42 Å². The minimum absolute atomic E-state index is 0.201. The molecule has 106 valence electrons. The number of hydrogen-bond acceptors (Lipinski definition) is 2. The molecule has 6 heteroatoms. The molecule has 0 bridgehead atoms. The Morgan fingerprint density at radius 2 is 1.85 bits per heavy atom. The van der Waals surface area contributed by atoms with Crippen LogP contribution in [0.25, 0.3) is 0 Å². The molecule has 0 spiro atoms. The molecule has 0 N–H and O–H groups in total. The number of carbonyl (C=O) groups is 1. The topological polar surface area (TPSA) is 33.5 Å². The maximum Gasteiger partial charge on any atom is 0.416 e. The van der Waals surface area contributed by atoms with Crippen LogP contribution in [-0.4, -0.2) is 17.9 Å². The predicted molar refractivity (Wildman–Crippen MR) is 65.9 cm³/mol. The molecule has 0 aliphatic carbocycles. The van der Waals surface area contributed by atoms with E-state index in [0.29, 0.717) is 5.76 Å². The second-order valence-corrected chi connectivity index (χ2v) is 4.32. The van der Waals surface area contributed by atoms with Crippen molar-refractivity contribution in [2.75, 3.05) is 7.05 Å². The lowest BCUT2D eigenvalue weighted by Crippen LogP contribution is -2.26. The Balaban J connectivity index is 2.09. The summed E-state index contributed by atoms with van der Waals surface area (Å²) in [6, 6.07) is 7.55. The number of carbonyl (C=O) groups excluding carboxylic acids is 1. The second-order valence-electron chi connectivity index (χ2n) is 4.32. The zero-order valence-corrected chi connectivity index (χ0v) is 10.6. The lowest BCUT2D eigenvalue weighted by atomic mass is 10.1. The summed E-state index contributed by atoms with van der Waals surface area (Å²) in [4.78, 5) is 13.4. The van der Waals surface area contributed by atoms with Crippen LogP contribution in [0, 0.1) is 0 Å². The van der Waals surface area contributed by atoms with Crippen molar-refractivity contribution in [1.29, 1.82) is 0 Å². The Hall–Kier alpha value is -2.24. The third-order valence-corrected chi connectivity index (χ3v) is 2.78. The Kier molecular flexibility index (Phi) is 3.83. The van der Waals surface area contributed by atoms with Gasteiger partial charge in [0.15, 0.2) is 0 Å². The smallest absolute Gasteiger partial charge is 0.416 e. The van der Waals surface area contributed by atoms with Crippen LogP contribution >= 0.6 is 0 Å². The third kappa shape index (κ3) is 3.20. The minimum atomic E-state index is -4.40. The first-order valence-electron chi connectivity index (χ1n) is 5.83. The van der Waals surface area contributed by atoms with Crippen molar-refractivity contribution in [3.8, 4) is 0 Å². The number of nitrogens with zero attached hydrogens (tertiary/aromatic N) is 1. The van der Waals surface area contributed by atoms with Crippen molar-refractivity contribution in [3.63, 3.8) is 0 Å². The zero-order valence-electron chi connectivity index (χ0n) is 10.6. The van der Waals surface area contributed by atoms with Crippen molar-refractivity contribution in [2.45, 2.75) is 12.7 Å². The van der Waals surface area contributed by atoms with Gasteiger partial charge in [-0.05, 0) is 36.4 Å². The molecule has 2 aromatic rings. The summed E-state index contributed by atoms with van der Waals surface area (Å²) in [5, 5.41) is 0. The van der Waals surface area contributed by atoms with Gasteiger partial charge in [-0.3, -0.25) is 4.79 Å². The molecule has 1 aromatic heterocycles. The van der Waals surface area contributed by atoms with Gasteiger partial charge in [-0.15, -0.1) is 0 Å². The van der Waals surface area contributed by atoms with Crippen LogP contribution < -0.4 is 0 Å². The van der Waals surface area contributed by atoms with Gasteiger partial charge in [-0.2, -0.15) is 13.2 Å². The lowest BCUT2D eigenvalue weighted by Gasteiger charge is -2.16. The number of alkyl halides is 3. The highest BCUT2D eigenvalue weighted by Gasteiger charge is 2.30. The first-order chi connectivity index (χ1) is 9.38. The van der Waals surface area contributed by atoms with E-state index in [2.05, 4.69) is 0 Å². The van der Waals surface area contributed by atoms with Crippen molar-refractivity contribution in [2.24, 2.45) is 0 Å². The lowest BCUT2D eigenvalue weighted by molar-refractivity contribution is -0.137. The quantitative estimate of drug-likeness (QED) is 0.862. The Morgan fingerprint density at radius 1 is 1.20 bits per heavy atom. The van der Waals surface area contributed by atoms with Gasteiger partial charge in [0.05, 0.1) is 18.4 Å². The molecule has 1 heterocycles. The predicted octanol–water partition coefficient (Wildman–Crippen LogP) is 3.57. The van der Waals surface area contributed by atoms with Crippen LogP contribution in [0.1, 0.15) is 21.7 Å². The molecule has 2 rings (SSSR count). The summed E-state index contributed by atoms with van der Waals surface area (Å²) in [5.74, 6) is 0.239. The molecule has 0 aliphatic heterocycles. The molecular formula is C14H12F3NO2. The van der Waals surface area contributed by atoms with Gasteiger partial charge in [0.2, 0.25) is 0 Å². The molecule has 0 atom stereocenters. The Bertz CT molecular complexity index is 573. The third-order valence-electron chi connectivity index (χ3n) is 2.78. The van der Waals surface area contributed by atoms with Crippen LogP contribution in [-0.2, 0) is 12.7 Å². The van der Waals surface area contributed by atoms with Gasteiger partial charge in [0.25, 0.3) is 5.91 Å². The molecule has 0 aliphatic rings. The Morgan fingerprint density at radius 3 is 2.35 bits per heavy atom. The highest BCUT2D eigenvalue weighted by Crippen LogP contribution is 2.29. The van der Waals surface area contributed by atoms with E-state index in [0.717, 1.165) is 12.1 Å². The van der Waals surface area contributed by atoms with E-state index in [9.17, 15) is 18.0 Å². The van der Waals surface area contributed by atoms with Crippen LogP contribution in [0.3, 0.4) is 0 Å². The largest absolute Gasteiger partial charge is 0.467 e. The SMILES string of the molecule is CN(Cc1ccco1)C(=O)c1ccc(C(F)(F)F)cc1. The molecule has 0 saturated heterocycles. The van der Waals surface area contributed by atoms with E-state index in [1.54, 1.807) is 19.2 Å². The van der Waals surface area contributed by atoms with Crippen LogP contribution in [0.4, 0.5) is 13.2 Å². The summed E-state index contributed by atoms with van der Waals surface area (Å²) < 4.78 is 42.4. The molecule has 0 radical (unpaired) electrons. The molecule has 1 aromatic carbocycles. The number of rotatable bonds is 3.